The number of nitriles is 1. The molecule has 4 nitrogen and oxygen atoms in total. The van der Waals surface area contributed by atoms with E-state index in [2.05, 4.69) is 5.32 Å². The number of carbonyl (C=O) groups is 1. The number of halogens is 1. The zero-order valence-corrected chi connectivity index (χ0v) is 10.8. The zero-order chi connectivity index (χ0) is 14.7. The minimum Gasteiger partial charge on any atom is -0.399 e. The highest BCUT2D eigenvalue weighted by atomic mass is 19.1. The van der Waals surface area contributed by atoms with Gasteiger partial charge in [-0.1, -0.05) is 12.1 Å². The molecule has 0 heterocycles. The minimum absolute atomic E-state index is 0.138. The Morgan fingerprint density at radius 3 is 2.80 bits per heavy atom. The van der Waals surface area contributed by atoms with Gasteiger partial charge in [0.25, 0.3) is 5.91 Å². The fourth-order valence-electron chi connectivity index (χ4n) is 1.82. The van der Waals surface area contributed by atoms with Gasteiger partial charge in [0.1, 0.15) is 17.4 Å². The number of carbonyl (C=O) groups excluding carboxylic acids is 1. The number of hydrogen-bond donors (Lipinski definition) is 2. The summed E-state index contributed by atoms with van der Waals surface area (Å²) in [5, 5.41) is 11.4. The van der Waals surface area contributed by atoms with E-state index in [1.807, 2.05) is 0 Å². The van der Waals surface area contributed by atoms with Crippen LogP contribution in [0.25, 0.3) is 0 Å². The summed E-state index contributed by atoms with van der Waals surface area (Å²) in [5.74, 6) is -1.11. The fraction of sp³-hybridized carbons (Fsp3) is 0.0667. The Morgan fingerprint density at radius 2 is 2.10 bits per heavy atom. The molecule has 2 aromatic carbocycles. The van der Waals surface area contributed by atoms with Crippen molar-refractivity contribution in [3.8, 4) is 6.07 Å². The van der Waals surface area contributed by atoms with Gasteiger partial charge in [0.05, 0.1) is 5.69 Å². The SMILES string of the molecule is Cc1ccc(N)cc1C(=O)Nc1cccc(F)c1C#N. The van der Waals surface area contributed by atoms with Crippen molar-refractivity contribution in [1.82, 2.24) is 0 Å². The second-order valence-electron chi connectivity index (χ2n) is 4.30. The molecule has 2 aromatic rings. The molecule has 1 amide bonds. The van der Waals surface area contributed by atoms with E-state index in [0.29, 0.717) is 11.3 Å². The van der Waals surface area contributed by atoms with Gasteiger partial charge in [0.2, 0.25) is 0 Å². The number of amides is 1. The van der Waals surface area contributed by atoms with Crippen LogP contribution in [-0.2, 0) is 0 Å². The van der Waals surface area contributed by atoms with Crippen LogP contribution in [0.3, 0.4) is 0 Å². The summed E-state index contributed by atoms with van der Waals surface area (Å²) in [6, 6.07) is 10.8. The van der Waals surface area contributed by atoms with Gasteiger partial charge in [-0.25, -0.2) is 4.39 Å². The van der Waals surface area contributed by atoms with Crippen LogP contribution < -0.4 is 11.1 Å². The Morgan fingerprint density at radius 1 is 1.35 bits per heavy atom. The molecule has 0 saturated heterocycles. The Kier molecular flexibility index (Phi) is 3.67. The Bertz CT molecular complexity index is 720. The summed E-state index contributed by atoms with van der Waals surface area (Å²) in [4.78, 5) is 12.2. The minimum atomic E-state index is -0.672. The molecular formula is C15H12FN3O. The van der Waals surface area contributed by atoms with Crippen LogP contribution in [0.4, 0.5) is 15.8 Å². The number of nitrogens with two attached hydrogens (primary N) is 1. The largest absolute Gasteiger partial charge is 0.399 e. The first-order valence-corrected chi connectivity index (χ1v) is 5.89. The quantitative estimate of drug-likeness (QED) is 0.823. The van der Waals surface area contributed by atoms with Crippen molar-refractivity contribution >= 4 is 17.3 Å². The van der Waals surface area contributed by atoms with Crippen LogP contribution in [0.5, 0.6) is 0 Å². The normalized spacial score (nSPS) is 9.85. The number of benzene rings is 2. The molecular weight excluding hydrogens is 257 g/mol. The van der Waals surface area contributed by atoms with Gasteiger partial charge in [-0.15, -0.1) is 0 Å². The van der Waals surface area contributed by atoms with E-state index in [0.717, 1.165) is 5.56 Å². The van der Waals surface area contributed by atoms with E-state index >= 15 is 0 Å². The third-order valence-electron chi connectivity index (χ3n) is 2.88. The first-order chi connectivity index (χ1) is 9.52. The Hall–Kier alpha value is -2.87. The first kappa shape index (κ1) is 13.6. The van der Waals surface area contributed by atoms with Crippen molar-refractivity contribution in [1.29, 1.82) is 5.26 Å². The van der Waals surface area contributed by atoms with Crippen LogP contribution >= 0.6 is 0 Å². The van der Waals surface area contributed by atoms with E-state index in [1.165, 1.54) is 24.3 Å². The average molecular weight is 269 g/mol. The molecule has 0 aliphatic rings. The van der Waals surface area contributed by atoms with Crippen LogP contribution in [0, 0.1) is 24.1 Å². The van der Waals surface area contributed by atoms with E-state index < -0.39 is 11.7 Å². The second kappa shape index (κ2) is 5.41. The van der Waals surface area contributed by atoms with Crippen molar-refractivity contribution < 1.29 is 9.18 Å². The van der Waals surface area contributed by atoms with E-state index in [9.17, 15) is 9.18 Å². The average Bonchev–Trinajstić information content (AvgIpc) is 2.41. The molecule has 0 saturated carbocycles. The lowest BCUT2D eigenvalue weighted by atomic mass is 10.1. The second-order valence-corrected chi connectivity index (χ2v) is 4.30. The van der Waals surface area contributed by atoms with Gasteiger partial charge < -0.3 is 11.1 Å². The van der Waals surface area contributed by atoms with Gasteiger partial charge in [0, 0.05) is 11.3 Å². The van der Waals surface area contributed by atoms with Crippen molar-refractivity contribution in [2.24, 2.45) is 0 Å². The molecule has 100 valence electrons. The predicted molar refractivity (Wildman–Crippen MR) is 74.7 cm³/mol. The molecule has 5 heteroatoms. The van der Waals surface area contributed by atoms with Crippen LogP contribution in [0.15, 0.2) is 36.4 Å². The topological polar surface area (TPSA) is 78.9 Å². The van der Waals surface area contributed by atoms with Gasteiger partial charge in [-0.05, 0) is 36.8 Å². The molecule has 0 aliphatic heterocycles. The standard InChI is InChI=1S/C15H12FN3O/c1-9-5-6-10(18)7-11(9)15(20)19-14-4-2-3-13(16)12(14)8-17/h2-7H,18H2,1H3,(H,19,20). The molecule has 3 N–H and O–H groups in total. The van der Waals surface area contributed by atoms with Crippen molar-refractivity contribution in [2.75, 3.05) is 11.1 Å². The van der Waals surface area contributed by atoms with Crippen molar-refractivity contribution in [3.63, 3.8) is 0 Å². The Balaban J connectivity index is 2.36. The lowest BCUT2D eigenvalue weighted by Crippen LogP contribution is -2.15. The number of aryl methyl sites for hydroxylation is 1. The number of nitrogens with zero attached hydrogens (tertiary/aromatic N) is 1. The maximum absolute atomic E-state index is 13.5. The molecule has 0 radical (unpaired) electrons. The van der Waals surface area contributed by atoms with E-state index in [4.69, 9.17) is 11.0 Å². The van der Waals surface area contributed by atoms with Crippen LogP contribution in [0.1, 0.15) is 21.5 Å². The fourth-order valence-corrected chi connectivity index (χ4v) is 1.82. The summed E-state index contributed by atoms with van der Waals surface area (Å²) in [7, 11) is 0. The lowest BCUT2D eigenvalue weighted by Gasteiger charge is -2.10. The molecule has 0 fully saturated rings. The third kappa shape index (κ3) is 2.59. The number of nitrogen functional groups attached to an aromatic ring is 1. The Labute approximate surface area is 115 Å². The lowest BCUT2D eigenvalue weighted by molar-refractivity contribution is 0.102. The highest BCUT2D eigenvalue weighted by molar-refractivity contribution is 6.06. The van der Waals surface area contributed by atoms with Crippen LogP contribution in [-0.4, -0.2) is 5.91 Å². The van der Waals surface area contributed by atoms with E-state index in [-0.39, 0.29) is 11.3 Å². The molecule has 0 bridgehead atoms. The molecule has 0 unspecified atom stereocenters. The van der Waals surface area contributed by atoms with Crippen molar-refractivity contribution in [3.05, 3.63) is 58.9 Å². The molecule has 20 heavy (non-hydrogen) atoms. The van der Waals surface area contributed by atoms with Crippen LogP contribution in [0.2, 0.25) is 0 Å². The predicted octanol–water partition coefficient (Wildman–Crippen LogP) is 2.84. The summed E-state index contributed by atoms with van der Waals surface area (Å²) in [6.07, 6.45) is 0. The molecule has 0 aromatic heterocycles. The number of rotatable bonds is 2. The number of nitrogens with one attached hydrogen (secondary N) is 1. The first-order valence-electron chi connectivity index (χ1n) is 5.89. The maximum atomic E-state index is 13.5. The van der Waals surface area contributed by atoms with Gasteiger partial charge in [-0.3, -0.25) is 4.79 Å². The summed E-state index contributed by atoms with van der Waals surface area (Å²) < 4.78 is 13.5. The molecule has 0 atom stereocenters. The number of anilines is 2. The maximum Gasteiger partial charge on any atom is 0.256 e. The van der Waals surface area contributed by atoms with Crippen molar-refractivity contribution in [2.45, 2.75) is 6.92 Å². The van der Waals surface area contributed by atoms with Gasteiger partial charge in [-0.2, -0.15) is 5.26 Å². The molecule has 0 aliphatic carbocycles. The van der Waals surface area contributed by atoms with Gasteiger partial charge in [0.15, 0.2) is 0 Å². The smallest absolute Gasteiger partial charge is 0.256 e. The number of hydrogen-bond acceptors (Lipinski definition) is 3. The monoisotopic (exact) mass is 269 g/mol. The third-order valence-corrected chi connectivity index (χ3v) is 2.88. The van der Waals surface area contributed by atoms with Gasteiger partial charge >= 0.3 is 0 Å². The zero-order valence-electron chi connectivity index (χ0n) is 10.8. The summed E-state index contributed by atoms with van der Waals surface area (Å²) in [6.45, 7) is 1.77. The molecule has 0 spiro atoms. The highest BCUT2D eigenvalue weighted by Gasteiger charge is 2.14. The molecule has 2 rings (SSSR count). The highest BCUT2D eigenvalue weighted by Crippen LogP contribution is 2.20. The van der Waals surface area contributed by atoms with E-state index in [1.54, 1.807) is 25.1 Å². The summed E-state index contributed by atoms with van der Waals surface area (Å²) >= 11 is 0. The summed E-state index contributed by atoms with van der Waals surface area (Å²) in [5.41, 5.74) is 7.18.